The Hall–Kier alpha value is -1.34. The number of amides is 1. The predicted octanol–water partition coefficient (Wildman–Crippen LogP) is 2.04. The van der Waals surface area contributed by atoms with Crippen molar-refractivity contribution in [1.82, 2.24) is 9.80 Å². The molecule has 1 unspecified atom stereocenters. The maximum Gasteiger partial charge on any atom is 0.249 e. The monoisotopic (exact) mass is 263 g/mol. The molecule has 19 heavy (non-hydrogen) atoms. The number of hydrogen-bond acceptors (Lipinski definition) is 3. The Labute approximate surface area is 116 Å². The maximum absolute atomic E-state index is 12.1. The highest BCUT2D eigenvalue weighted by Gasteiger charge is 2.27. The van der Waals surface area contributed by atoms with E-state index >= 15 is 0 Å². The molecule has 0 bridgehead atoms. The van der Waals surface area contributed by atoms with Crippen LogP contribution in [0.15, 0.2) is 11.6 Å². The molecule has 0 aliphatic carbocycles. The minimum Gasteiger partial charge on any atom is -0.336 e. The fourth-order valence-corrected chi connectivity index (χ4v) is 2.50. The van der Waals surface area contributed by atoms with Crippen LogP contribution in [-0.2, 0) is 4.79 Å². The lowest BCUT2D eigenvalue weighted by Gasteiger charge is -2.38. The molecule has 1 aliphatic heterocycles. The van der Waals surface area contributed by atoms with Gasteiger partial charge < -0.3 is 4.90 Å². The molecule has 106 valence electrons. The van der Waals surface area contributed by atoms with Gasteiger partial charge in [0.2, 0.25) is 5.91 Å². The number of carbonyl (C=O) groups excluding carboxylic acids is 1. The largest absolute Gasteiger partial charge is 0.336 e. The van der Waals surface area contributed by atoms with E-state index in [9.17, 15) is 10.1 Å². The summed E-state index contributed by atoms with van der Waals surface area (Å²) in [7, 11) is 0. The molecule has 4 nitrogen and oxygen atoms in total. The third-order valence-electron chi connectivity index (χ3n) is 3.61. The van der Waals surface area contributed by atoms with Crippen LogP contribution >= 0.6 is 0 Å². The first-order valence-corrected chi connectivity index (χ1v) is 7.11. The smallest absolute Gasteiger partial charge is 0.249 e. The zero-order valence-electron chi connectivity index (χ0n) is 12.5. The number of allylic oxidation sites excluding steroid dienone is 1. The lowest BCUT2D eigenvalue weighted by Crippen LogP contribution is -2.53. The van der Waals surface area contributed by atoms with Gasteiger partial charge in [0.25, 0.3) is 0 Å². The summed E-state index contributed by atoms with van der Waals surface area (Å²) >= 11 is 0. The number of rotatable bonds is 4. The Balaban J connectivity index is 2.56. The molecule has 1 fully saturated rings. The predicted molar refractivity (Wildman–Crippen MR) is 76.4 cm³/mol. The quantitative estimate of drug-likeness (QED) is 0.729. The first-order valence-electron chi connectivity index (χ1n) is 7.11. The average Bonchev–Trinajstić information content (AvgIpc) is 2.39. The van der Waals surface area contributed by atoms with E-state index in [-0.39, 0.29) is 11.9 Å². The third-order valence-corrected chi connectivity index (χ3v) is 3.61. The van der Waals surface area contributed by atoms with Crippen molar-refractivity contribution in [1.29, 1.82) is 5.26 Å². The number of nitrogens with zero attached hydrogens (tertiary/aromatic N) is 3. The summed E-state index contributed by atoms with van der Waals surface area (Å²) in [5.74, 6) is 0.466. The van der Waals surface area contributed by atoms with Gasteiger partial charge >= 0.3 is 0 Å². The zero-order valence-corrected chi connectivity index (χ0v) is 12.5. The number of hydrogen-bond donors (Lipinski definition) is 0. The summed E-state index contributed by atoms with van der Waals surface area (Å²) in [5, 5.41) is 9.20. The summed E-state index contributed by atoms with van der Waals surface area (Å²) in [6, 6.07) is 2.33. The molecule has 1 rings (SSSR count). The minimum atomic E-state index is -0.0375. The van der Waals surface area contributed by atoms with Crippen LogP contribution < -0.4 is 0 Å². The first-order chi connectivity index (χ1) is 9.01. The molecular formula is C15H25N3O. The average molecular weight is 263 g/mol. The Bertz CT molecular complexity index is 373. The van der Waals surface area contributed by atoms with Gasteiger partial charge in [0.15, 0.2) is 0 Å². The zero-order chi connectivity index (χ0) is 14.4. The van der Waals surface area contributed by atoms with Gasteiger partial charge in [0.1, 0.15) is 6.04 Å². The van der Waals surface area contributed by atoms with Crippen molar-refractivity contribution in [3.63, 3.8) is 0 Å². The fraction of sp³-hybridized carbons (Fsp3) is 0.733. The van der Waals surface area contributed by atoms with E-state index in [0.29, 0.717) is 5.92 Å². The van der Waals surface area contributed by atoms with Gasteiger partial charge in [-0.2, -0.15) is 5.26 Å². The van der Waals surface area contributed by atoms with Crippen LogP contribution in [0.25, 0.3) is 0 Å². The van der Waals surface area contributed by atoms with Crippen molar-refractivity contribution < 1.29 is 4.79 Å². The molecule has 1 aliphatic rings. The van der Waals surface area contributed by atoms with Gasteiger partial charge in [-0.25, -0.2) is 0 Å². The third kappa shape index (κ3) is 4.07. The van der Waals surface area contributed by atoms with Gasteiger partial charge in [-0.15, -0.1) is 0 Å². The standard InChI is InChI=1S/C15H25N3O/c1-5-6-13(4)15(19)18-9-7-17(8-10-18)14(11-16)12(2)3/h6,12,14H,5,7-10H2,1-4H3/b13-6-. The normalized spacial score (nSPS) is 19.4. The van der Waals surface area contributed by atoms with Gasteiger partial charge in [-0.05, 0) is 19.3 Å². The van der Waals surface area contributed by atoms with Crippen LogP contribution in [-0.4, -0.2) is 47.9 Å². The van der Waals surface area contributed by atoms with Crippen molar-refractivity contribution in [2.75, 3.05) is 26.2 Å². The molecule has 0 radical (unpaired) electrons. The van der Waals surface area contributed by atoms with Crippen LogP contribution in [0.4, 0.5) is 0 Å². The minimum absolute atomic E-state index is 0.0375. The molecule has 1 atom stereocenters. The van der Waals surface area contributed by atoms with Gasteiger partial charge in [-0.1, -0.05) is 26.8 Å². The molecule has 0 spiro atoms. The summed E-state index contributed by atoms with van der Waals surface area (Å²) in [6.45, 7) is 11.1. The van der Waals surface area contributed by atoms with Crippen LogP contribution in [0.1, 0.15) is 34.1 Å². The van der Waals surface area contributed by atoms with Crippen molar-refractivity contribution >= 4 is 5.91 Å². The number of piperazine rings is 1. The molecule has 1 saturated heterocycles. The van der Waals surface area contributed by atoms with E-state index in [1.165, 1.54) is 0 Å². The van der Waals surface area contributed by atoms with Gasteiger partial charge in [-0.3, -0.25) is 9.69 Å². The van der Waals surface area contributed by atoms with Gasteiger partial charge in [0, 0.05) is 31.8 Å². The Morgan fingerprint density at radius 1 is 1.32 bits per heavy atom. The van der Waals surface area contributed by atoms with Crippen LogP contribution in [0, 0.1) is 17.2 Å². The summed E-state index contributed by atoms with van der Waals surface area (Å²) in [6.07, 6.45) is 2.86. The molecule has 0 saturated carbocycles. The van der Waals surface area contributed by atoms with Crippen molar-refractivity contribution in [2.24, 2.45) is 5.92 Å². The van der Waals surface area contributed by atoms with Crippen LogP contribution in [0.5, 0.6) is 0 Å². The van der Waals surface area contributed by atoms with Crippen molar-refractivity contribution in [2.45, 2.75) is 40.2 Å². The molecule has 0 aromatic heterocycles. The molecule has 1 amide bonds. The van der Waals surface area contributed by atoms with Crippen LogP contribution in [0.3, 0.4) is 0 Å². The second-order valence-corrected chi connectivity index (χ2v) is 5.44. The summed E-state index contributed by atoms with van der Waals surface area (Å²) in [5.41, 5.74) is 0.830. The number of carbonyl (C=O) groups is 1. The molecule has 0 N–H and O–H groups in total. The van der Waals surface area contributed by atoms with E-state index in [1.54, 1.807) is 0 Å². The number of nitriles is 1. The molecule has 1 heterocycles. The summed E-state index contributed by atoms with van der Waals surface area (Å²) < 4.78 is 0. The fourth-order valence-electron chi connectivity index (χ4n) is 2.50. The van der Waals surface area contributed by atoms with Crippen LogP contribution in [0.2, 0.25) is 0 Å². The molecule has 0 aromatic rings. The van der Waals surface area contributed by atoms with Crippen molar-refractivity contribution in [3.8, 4) is 6.07 Å². The van der Waals surface area contributed by atoms with E-state index in [1.807, 2.05) is 24.8 Å². The highest BCUT2D eigenvalue weighted by atomic mass is 16.2. The summed E-state index contributed by atoms with van der Waals surface area (Å²) in [4.78, 5) is 16.2. The first kappa shape index (κ1) is 15.7. The topological polar surface area (TPSA) is 47.3 Å². The Kier molecular flexibility index (Phi) is 6.04. The highest BCUT2D eigenvalue weighted by Crippen LogP contribution is 2.14. The molecule has 0 aromatic carbocycles. The van der Waals surface area contributed by atoms with E-state index < -0.39 is 0 Å². The van der Waals surface area contributed by atoms with Gasteiger partial charge in [0.05, 0.1) is 6.07 Å². The van der Waals surface area contributed by atoms with E-state index in [0.717, 1.165) is 38.2 Å². The Morgan fingerprint density at radius 2 is 1.89 bits per heavy atom. The lowest BCUT2D eigenvalue weighted by atomic mass is 10.0. The Morgan fingerprint density at radius 3 is 2.32 bits per heavy atom. The second-order valence-electron chi connectivity index (χ2n) is 5.44. The second kappa shape index (κ2) is 7.30. The highest BCUT2D eigenvalue weighted by molar-refractivity contribution is 5.92. The SMILES string of the molecule is CC/C=C(/C)C(=O)N1CCN(C(C#N)C(C)C)CC1. The van der Waals surface area contributed by atoms with E-state index in [2.05, 4.69) is 24.8 Å². The molecule has 4 heteroatoms. The lowest BCUT2D eigenvalue weighted by molar-refractivity contribution is -0.129. The maximum atomic E-state index is 12.1. The van der Waals surface area contributed by atoms with E-state index in [4.69, 9.17) is 0 Å². The molecular weight excluding hydrogens is 238 g/mol. The van der Waals surface area contributed by atoms with Crippen molar-refractivity contribution in [3.05, 3.63) is 11.6 Å².